The predicted molar refractivity (Wildman–Crippen MR) is 19.5 cm³/mol. The maximum Gasteiger partial charge on any atom is 0.359 e. The molecule has 8 heavy (non-hydrogen) atoms. The van der Waals surface area contributed by atoms with Crippen molar-refractivity contribution in [3.8, 4) is 0 Å². The number of hydrogen-bond donors (Lipinski definition) is 1. The van der Waals surface area contributed by atoms with Gasteiger partial charge in [-0.2, -0.15) is 0 Å². The SMILES string of the molecule is O=C(O)CC(=O)OF. The van der Waals surface area contributed by atoms with Crippen LogP contribution in [0.2, 0.25) is 0 Å². The third-order valence-corrected chi connectivity index (χ3v) is 0.382. The standard InChI is InChI=1S/C3H3FO4/c4-8-3(7)1-2(5)6/h1H2,(H,5,6). The molecule has 0 fully saturated rings. The lowest BCUT2D eigenvalue weighted by Gasteiger charge is -1.84. The highest BCUT2D eigenvalue weighted by molar-refractivity contribution is 5.89. The van der Waals surface area contributed by atoms with Crippen LogP contribution >= 0.6 is 0 Å². The summed E-state index contributed by atoms with van der Waals surface area (Å²) in [6.07, 6.45) is -0.934. The van der Waals surface area contributed by atoms with E-state index in [0.717, 1.165) is 0 Å². The first-order chi connectivity index (χ1) is 3.66. The van der Waals surface area contributed by atoms with E-state index in [4.69, 9.17) is 5.11 Å². The molecule has 0 radical (unpaired) electrons. The lowest BCUT2D eigenvalue weighted by Crippen LogP contribution is -2.05. The van der Waals surface area contributed by atoms with Crippen molar-refractivity contribution in [2.45, 2.75) is 6.42 Å². The lowest BCUT2D eigenvalue weighted by atomic mass is 10.5. The minimum atomic E-state index is -1.41. The van der Waals surface area contributed by atoms with Gasteiger partial charge in [-0.25, -0.2) is 4.79 Å². The zero-order valence-corrected chi connectivity index (χ0v) is 3.76. The van der Waals surface area contributed by atoms with Gasteiger partial charge in [0.1, 0.15) is 6.42 Å². The van der Waals surface area contributed by atoms with Crippen molar-refractivity contribution < 1.29 is 24.2 Å². The Labute approximate surface area is 43.8 Å². The Kier molecular flexibility index (Phi) is 2.53. The lowest BCUT2D eigenvalue weighted by molar-refractivity contribution is -0.185. The molecule has 0 atom stereocenters. The van der Waals surface area contributed by atoms with Crippen LogP contribution in [0.5, 0.6) is 0 Å². The molecule has 1 N–H and O–H groups in total. The van der Waals surface area contributed by atoms with E-state index < -0.39 is 18.4 Å². The number of hydrogen-bond acceptors (Lipinski definition) is 3. The van der Waals surface area contributed by atoms with Gasteiger partial charge in [0, 0.05) is 4.53 Å². The highest BCUT2D eigenvalue weighted by atomic mass is 19.3. The molecular formula is C3H3FO4. The number of rotatable bonds is 2. The normalized spacial score (nSPS) is 8.12. The number of carboxylic acids is 1. The molecule has 0 aliphatic heterocycles. The molecule has 0 spiro atoms. The zero-order valence-electron chi connectivity index (χ0n) is 3.76. The molecule has 0 amide bonds. The van der Waals surface area contributed by atoms with Gasteiger partial charge in [0.05, 0.1) is 0 Å². The van der Waals surface area contributed by atoms with E-state index in [9.17, 15) is 14.1 Å². The van der Waals surface area contributed by atoms with Crippen molar-refractivity contribution in [1.29, 1.82) is 0 Å². The van der Waals surface area contributed by atoms with Crippen molar-refractivity contribution in [3.05, 3.63) is 0 Å². The van der Waals surface area contributed by atoms with Gasteiger partial charge in [0.15, 0.2) is 0 Å². The Morgan fingerprint density at radius 1 is 1.62 bits per heavy atom. The molecule has 0 aromatic carbocycles. The smallest absolute Gasteiger partial charge is 0.359 e. The Morgan fingerprint density at radius 2 is 2.12 bits per heavy atom. The van der Waals surface area contributed by atoms with Crippen molar-refractivity contribution in [2.75, 3.05) is 0 Å². The summed E-state index contributed by atoms with van der Waals surface area (Å²) >= 11 is 0. The molecule has 0 heterocycles. The quantitative estimate of drug-likeness (QED) is 0.519. The molecule has 0 rings (SSSR count). The number of aliphatic carboxylic acids is 1. The van der Waals surface area contributed by atoms with Crippen molar-refractivity contribution >= 4 is 11.9 Å². The Balaban J connectivity index is 3.40. The third kappa shape index (κ3) is 3.08. The van der Waals surface area contributed by atoms with Crippen molar-refractivity contribution in [2.24, 2.45) is 0 Å². The summed E-state index contributed by atoms with van der Waals surface area (Å²) in [5, 5.41) is 7.75. The Bertz CT molecular complexity index is 110. The van der Waals surface area contributed by atoms with Crippen LogP contribution < -0.4 is 0 Å². The summed E-state index contributed by atoms with van der Waals surface area (Å²) < 4.78 is 10.6. The van der Waals surface area contributed by atoms with Gasteiger partial charge in [0.25, 0.3) is 0 Å². The van der Waals surface area contributed by atoms with E-state index in [1.165, 1.54) is 0 Å². The van der Waals surface area contributed by atoms with Crippen LogP contribution in [-0.2, 0) is 14.5 Å². The van der Waals surface area contributed by atoms with Crippen molar-refractivity contribution in [1.82, 2.24) is 0 Å². The third-order valence-electron chi connectivity index (χ3n) is 0.382. The van der Waals surface area contributed by atoms with E-state index in [-0.39, 0.29) is 0 Å². The maximum atomic E-state index is 10.6. The minimum Gasteiger partial charge on any atom is -0.481 e. The molecule has 0 unspecified atom stereocenters. The van der Waals surface area contributed by atoms with E-state index in [0.29, 0.717) is 0 Å². The van der Waals surface area contributed by atoms with Crippen molar-refractivity contribution in [3.63, 3.8) is 0 Å². The summed E-state index contributed by atoms with van der Waals surface area (Å²) in [6, 6.07) is 0. The topological polar surface area (TPSA) is 63.6 Å². The monoisotopic (exact) mass is 122 g/mol. The second kappa shape index (κ2) is 2.95. The summed E-state index contributed by atoms with van der Waals surface area (Å²) in [7, 11) is 0. The first kappa shape index (κ1) is 6.87. The molecule has 0 bridgehead atoms. The number of carbonyl (C=O) groups excluding carboxylic acids is 1. The molecule has 0 saturated carbocycles. The fourth-order valence-electron chi connectivity index (χ4n) is 0.151. The molecule has 0 aromatic rings. The van der Waals surface area contributed by atoms with E-state index in [2.05, 4.69) is 4.94 Å². The second-order valence-corrected chi connectivity index (χ2v) is 1.02. The summed E-state index contributed by atoms with van der Waals surface area (Å²) in [5.74, 6) is -2.80. The van der Waals surface area contributed by atoms with Crippen LogP contribution in [0.15, 0.2) is 0 Å². The fourth-order valence-corrected chi connectivity index (χ4v) is 0.151. The molecule has 0 aliphatic carbocycles. The first-order valence-electron chi connectivity index (χ1n) is 1.70. The summed E-state index contributed by atoms with van der Waals surface area (Å²) in [5.41, 5.74) is 0. The van der Waals surface area contributed by atoms with Gasteiger partial charge in [-0.3, -0.25) is 9.74 Å². The van der Waals surface area contributed by atoms with Crippen LogP contribution in [0.1, 0.15) is 6.42 Å². The number of halogens is 1. The van der Waals surface area contributed by atoms with Crippen LogP contribution in [0, 0.1) is 0 Å². The Morgan fingerprint density at radius 3 is 2.25 bits per heavy atom. The van der Waals surface area contributed by atoms with Gasteiger partial charge < -0.3 is 5.11 Å². The number of carbonyl (C=O) groups is 2. The van der Waals surface area contributed by atoms with Crippen LogP contribution in [0.3, 0.4) is 0 Å². The largest absolute Gasteiger partial charge is 0.481 e. The van der Waals surface area contributed by atoms with Gasteiger partial charge in [-0.05, 0) is 0 Å². The predicted octanol–water partition coefficient (Wildman–Crippen LogP) is -0.111. The van der Waals surface area contributed by atoms with Crippen LogP contribution in [0.25, 0.3) is 0 Å². The molecular weight excluding hydrogens is 119 g/mol. The Hall–Kier alpha value is -1.13. The van der Waals surface area contributed by atoms with E-state index >= 15 is 0 Å². The van der Waals surface area contributed by atoms with Crippen LogP contribution in [0.4, 0.5) is 4.53 Å². The molecule has 0 saturated heterocycles. The average molecular weight is 122 g/mol. The van der Waals surface area contributed by atoms with Gasteiger partial charge in [-0.1, -0.05) is 0 Å². The molecule has 4 nitrogen and oxygen atoms in total. The minimum absolute atomic E-state index is 0.934. The molecule has 0 aliphatic rings. The average Bonchev–Trinajstić information content (AvgIpc) is 1.65. The number of carboxylic acid groups (broad SMARTS) is 1. The highest BCUT2D eigenvalue weighted by Crippen LogP contribution is 1.84. The van der Waals surface area contributed by atoms with Gasteiger partial charge >= 0.3 is 11.9 Å². The fraction of sp³-hybridized carbons (Fsp3) is 0.333. The molecule has 5 heteroatoms. The summed E-state index contributed by atoms with van der Waals surface area (Å²) in [6.45, 7) is 0. The van der Waals surface area contributed by atoms with Crippen LogP contribution in [-0.4, -0.2) is 17.0 Å². The van der Waals surface area contributed by atoms with E-state index in [1.54, 1.807) is 0 Å². The molecule has 0 aromatic heterocycles. The molecule has 46 valence electrons. The van der Waals surface area contributed by atoms with Gasteiger partial charge in [-0.15, -0.1) is 0 Å². The maximum absolute atomic E-state index is 10.6. The zero-order chi connectivity index (χ0) is 6.57. The van der Waals surface area contributed by atoms with E-state index in [1.807, 2.05) is 0 Å². The summed E-state index contributed by atoms with van der Waals surface area (Å²) in [4.78, 5) is 21.7. The second-order valence-electron chi connectivity index (χ2n) is 1.02. The first-order valence-corrected chi connectivity index (χ1v) is 1.70. The highest BCUT2D eigenvalue weighted by Gasteiger charge is 2.07. The van der Waals surface area contributed by atoms with Gasteiger partial charge in [0.2, 0.25) is 0 Å².